The summed E-state index contributed by atoms with van der Waals surface area (Å²) in [7, 11) is 0. The van der Waals surface area contributed by atoms with Gasteiger partial charge in [0, 0.05) is 6.42 Å². The van der Waals surface area contributed by atoms with Gasteiger partial charge in [-0.25, -0.2) is 0 Å². The van der Waals surface area contributed by atoms with Gasteiger partial charge in [0.1, 0.15) is 24.4 Å². The van der Waals surface area contributed by atoms with Gasteiger partial charge >= 0.3 is 0 Å². The summed E-state index contributed by atoms with van der Waals surface area (Å²) in [6.07, 6.45) is 47.0. The van der Waals surface area contributed by atoms with Crippen LogP contribution in [0.1, 0.15) is 200 Å². The van der Waals surface area contributed by atoms with Gasteiger partial charge in [-0.05, 0) is 57.8 Å². The summed E-state index contributed by atoms with van der Waals surface area (Å²) >= 11 is 0. The molecule has 1 fully saturated rings. The number of aliphatic hydroxyl groups excluding tert-OH is 5. The van der Waals surface area contributed by atoms with Gasteiger partial charge in [0.15, 0.2) is 6.29 Å². The number of nitrogens with one attached hydrogen (secondary N) is 1. The summed E-state index contributed by atoms with van der Waals surface area (Å²) in [5.74, 6) is -0.232. The molecule has 1 heterocycles. The molecule has 348 valence electrons. The molecule has 1 aliphatic rings. The molecule has 6 N–H and O–H groups in total. The largest absolute Gasteiger partial charge is 0.394 e. The van der Waals surface area contributed by atoms with Crippen LogP contribution in [0.2, 0.25) is 0 Å². The lowest BCUT2D eigenvalue weighted by molar-refractivity contribution is -0.302. The Balaban J connectivity index is 2.38. The van der Waals surface area contributed by atoms with Gasteiger partial charge in [-0.15, -0.1) is 0 Å². The van der Waals surface area contributed by atoms with Gasteiger partial charge in [0.05, 0.1) is 25.4 Å². The average molecular weight is 846 g/mol. The van der Waals surface area contributed by atoms with E-state index in [9.17, 15) is 30.3 Å². The molecule has 60 heavy (non-hydrogen) atoms. The van der Waals surface area contributed by atoms with Gasteiger partial charge in [-0.2, -0.15) is 0 Å². The van der Waals surface area contributed by atoms with E-state index in [-0.39, 0.29) is 18.9 Å². The predicted molar refractivity (Wildman–Crippen MR) is 249 cm³/mol. The maximum absolute atomic E-state index is 13.0. The second-order valence-corrected chi connectivity index (χ2v) is 16.9. The fourth-order valence-corrected chi connectivity index (χ4v) is 7.38. The van der Waals surface area contributed by atoms with Gasteiger partial charge < -0.3 is 40.3 Å². The molecule has 0 radical (unpaired) electrons. The topological polar surface area (TPSA) is 149 Å². The summed E-state index contributed by atoms with van der Waals surface area (Å²) in [5.41, 5.74) is 0. The third-order valence-corrected chi connectivity index (χ3v) is 11.3. The molecule has 1 saturated heterocycles. The molecule has 1 aliphatic heterocycles. The van der Waals surface area contributed by atoms with E-state index in [1.165, 1.54) is 128 Å². The molecule has 0 spiro atoms. The number of hydrogen-bond acceptors (Lipinski definition) is 8. The summed E-state index contributed by atoms with van der Waals surface area (Å²) < 4.78 is 11.2. The molecule has 0 aromatic rings. The van der Waals surface area contributed by atoms with Crippen molar-refractivity contribution in [2.45, 2.75) is 243 Å². The molecule has 0 aromatic heterocycles. The molecule has 1 amide bonds. The highest BCUT2D eigenvalue weighted by molar-refractivity contribution is 5.76. The van der Waals surface area contributed by atoms with E-state index < -0.39 is 49.5 Å². The Morgan fingerprint density at radius 1 is 0.567 bits per heavy atom. The number of hydrogen-bond donors (Lipinski definition) is 6. The number of allylic oxidation sites excluding steroid dienone is 9. The first-order chi connectivity index (χ1) is 29.3. The Kier molecular flexibility index (Phi) is 38.1. The van der Waals surface area contributed by atoms with Crippen LogP contribution >= 0.6 is 0 Å². The molecule has 1 rings (SSSR count). The molecule has 0 aromatic carbocycles. The SMILES string of the molecule is CCCCCCCCC/C=C/C/C=C/C/C=C/C/C=C/CCCC(=O)N[C@@H](CO[C@H]1O[C@@H](CO)[C@H](O)C(O)C1O)[C@H](O)/C=C/CCCCCCCCCCCCCCCC. The van der Waals surface area contributed by atoms with Gasteiger partial charge in [0.25, 0.3) is 0 Å². The minimum atomic E-state index is -1.58. The van der Waals surface area contributed by atoms with Crippen LogP contribution in [0.4, 0.5) is 0 Å². The Hall–Kier alpha value is -2.11. The number of ether oxygens (including phenoxy) is 2. The number of carbonyl (C=O) groups excluding carboxylic acids is 1. The number of rotatable bonds is 40. The molecule has 0 aliphatic carbocycles. The van der Waals surface area contributed by atoms with Crippen molar-refractivity contribution < 1.29 is 39.8 Å². The lowest BCUT2D eigenvalue weighted by Crippen LogP contribution is -2.60. The van der Waals surface area contributed by atoms with E-state index in [1.807, 2.05) is 6.08 Å². The highest BCUT2D eigenvalue weighted by atomic mass is 16.7. The summed E-state index contributed by atoms with van der Waals surface area (Å²) in [6.45, 7) is 3.73. The maximum Gasteiger partial charge on any atom is 0.220 e. The van der Waals surface area contributed by atoms with Crippen LogP contribution in [0.15, 0.2) is 60.8 Å². The maximum atomic E-state index is 13.0. The third-order valence-electron chi connectivity index (χ3n) is 11.3. The molecule has 9 nitrogen and oxygen atoms in total. The first kappa shape index (κ1) is 55.9. The zero-order chi connectivity index (χ0) is 43.7. The summed E-state index contributed by atoms with van der Waals surface area (Å²) in [5, 5.41) is 54.2. The highest BCUT2D eigenvalue weighted by Gasteiger charge is 2.44. The lowest BCUT2D eigenvalue weighted by atomic mass is 9.99. The van der Waals surface area contributed by atoms with Crippen molar-refractivity contribution >= 4 is 5.91 Å². The van der Waals surface area contributed by atoms with E-state index in [4.69, 9.17) is 9.47 Å². The van der Waals surface area contributed by atoms with Crippen molar-refractivity contribution in [3.63, 3.8) is 0 Å². The average Bonchev–Trinajstić information content (AvgIpc) is 3.25. The first-order valence-electron chi connectivity index (χ1n) is 24.5. The fraction of sp³-hybridized carbons (Fsp3) is 0.784. The normalized spacial score (nSPS) is 21.1. The summed E-state index contributed by atoms with van der Waals surface area (Å²) in [6, 6.07) is -0.835. The number of unbranched alkanes of at least 4 members (excludes halogenated alkanes) is 22. The zero-order valence-electron chi connectivity index (χ0n) is 38.2. The van der Waals surface area contributed by atoms with Crippen molar-refractivity contribution in [2.24, 2.45) is 0 Å². The minimum Gasteiger partial charge on any atom is -0.394 e. The smallest absolute Gasteiger partial charge is 0.220 e. The Labute approximate surface area is 366 Å². The quantitative estimate of drug-likeness (QED) is 0.0264. The fourth-order valence-electron chi connectivity index (χ4n) is 7.38. The van der Waals surface area contributed by atoms with Crippen LogP contribution in [0.3, 0.4) is 0 Å². The van der Waals surface area contributed by atoms with E-state index in [2.05, 4.69) is 67.8 Å². The van der Waals surface area contributed by atoms with Crippen LogP contribution in [0.25, 0.3) is 0 Å². The minimum absolute atomic E-state index is 0.212. The van der Waals surface area contributed by atoms with E-state index >= 15 is 0 Å². The molecule has 0 saturated carbocycles. The molecular formula is C51H91NO8. The molecule has 2 unspecified atom stereocenters. The van der Waals surface area contributed by atoms with Gasteiger partial charge in [-0.3, -0.25) is 4.79 Å². The van der Waals surface area contributed by atoms with Crippen molar-refractivity contribution in [3.8, 4) is 0 Å². The second kappa shape index (κ2) is 40.9. The molecular weight excluding hydrogens is 755 g/mol. The second-order valence-electron chi connectivity index (χ2n) is 16.9. The molecule has 0 bridgehead atoms. The van der Waals surface area contributed by atoms with Gasteiger partial charge in [0.2, 0.25) is 5.91 Å². The Morgan fingerprint density at radius 2 is 0.983 bits per heavy atom. The van der Waals surface area contributed by atoms with Crippen molar-refractivity contribution in [3.05, 3.63) is 60.8 Å². The number of aliphatic hydroxyl groups is 5. The standard InChI is InChI=1S/C51H91NO8/c1-3-5-7-9-11-13-15-17-19-21-22-23-24-25-27-29-31-33-35-37-39-41-47(55)52-44(43-59-51-50(58)49(57)48(56)46(42-53)60-51)45(54)40-38-36-34-32-30-28-26-20-18-16-14-12-10-8-6-4-2/h19,21,23-24,27,29,33,35,38,40,44-46,48-51,53-54,56-58H,3-18,20,22,25-26,28,30-32,34,36-37,39,41-43H2,1-2H3,(H,52,55)/b21-19+,24-23+,29-27+,35-33+,40-38+/t44-,45+,46-,48-,49?,50?,51-/m0/s1. The summed E-state index contributed by atoms with van der Waals surface area (Å²) in [4.78, 5) is 13.0. The number of amides is 1. The highest BCUT2D eigenvalue weighted by Crippen LogP contribution is 2.22. The van der Waals surface area contributed by atoms with Gasteiger partial charge in [-0.1, -0.05) is 197 Å². The third kappa shape index (κ3) is 30.8. The monoisotopic (exact) mass is 846 g/mol. The lowest BCUT2D eigenvalue weighted by Gasteiger charge is -2.40. The van der Waals surface area contributed by atoms with Crippen LogP contribution in [0.5, 0.6) is 0 Å². The van der Waals surface area contributed by atoms with Crippen molar-refractivity contribution in [1.82, 2.24) is 5.32 Å². The Morgan fingerprint density at radius 3 is 1.45 bits per heavy atom. The molecule has 9 heteroatoms. The van der Waals surface area contributed by atoms with Crippen LogP contribution in [0, 0.1) is 0 Å². The first-order valence-corrected chi connectivity index (χ1v) is 24.5. The van der Waals surface area contributed by atoms with Crippen molar-refractivity contribution in [2.75, 3.05) is 13.2 Å². The Bertz CT molecular complexity index is 1120. The predicted octanol–water partition coefficient (Wildman–Crippen LogP) is 10.8. The van der Waals surface area contributed by atoms with Crippen LogP contribution in [-0.2, 0) is 14.3 Å². The van der Waals surface area contributed by atoms with E-state index in [0.29, 0.717) is 6.42 Å². The van der Waals surface area contributed by atoms with Crippen molar-refractivity contribution in [1.29, 1.82) is 0 Å². The molecule has 7 atom stereocenters. The van der Waals surface area contributed by atoms with Crippen LogP contribution < -0.4 is 5.32 Å². The van der Waals surface area contributed by atoms with E-state index in [1.54, 1.807) is 6.08 Å². The number of carbonyl (C=O) groups is 1. The van der Waals surface area contributed by atoms with Crippen LogP contribution in [-0.4, -0.2) is 87.5 Å². The zero-order valence-corrected chi connectivity index (χ0v) is 38.2. The van der Waals surface area contributed by atoms with E-state index in [0.717, 1.165) is 44.9 Å².